The molecule has 7 nitrogen and oxygen atoms in total. The van der Waals surface area contributed by atoms with E-state index in [9.17, 15) is 14.4 Å². The highest BCUT2D eigenvalue weighted by atomic mass is 32.2. The van der Waals surface area contributed by atoms with Crippen molar-refractivity contribution in [3.05, 3.63) is 131 Å². The van der Waals surface area contributed by atoms with Crippen molar-refractivity contribution in [1.82, 2.24) is 10.2 Å². The summed E-state index contributed by atoms with van der Waals surface area (Å²) in [7, 11) is 0. The lowest BCUT2D eigenvalue weighted by atomic mass is 9.99. The maximum atomic E-state index is 14.1. The number of β-lactam (4-membered cyclic amide) rings is 1. The van der Waals surface area contributed by atoms with E-state index in [1.54, 1.807) is 11.8 Å². The summed E-state index contributed by atoms with van der Waals surface area (Å²) in [6, 6.07) is 27.9. The number of carbonyl (C=O) groups excluding carboxylic acids is 3. The summed E-state index contributed by atoms with van der Waals surface area (Å²) in [5.74, 6) is 0.224. The highest BCUT2D eigenvalue weighted by molar-refractivity contribution is 8.00. The lowest BCUT2D eigenvalue weighted by molar-refractivity contribution is -0.154. The molecule has 0 bridgehead atoms. The highest BCUT2D eigenvalue weighted by Gasteiger charge is 2.54. The third kappa shape index (κ3) is 5.99. The standard InChI is InChI=1S/C34H32N2O5S/c37-28(20-23-12-4-1-5-13-23)35-29-32(38)36-30(26(22-42-33(29)36)21-27-18-10-11-19-40-27)34(39)41-31(24-14-6-2-7-15-24)25-16-8-3-9-17-25/h1-9,12-18,29,31,33H,10-11,19-22H2,(H,35,37)/t29-,33-/m1/s1. The first-order valence-electron chi connectivity index (χ1n) is 14.2. The van der Waals surface area contributed by atoms with Gasteiger partial charge in [-0.15, -0.1) is 11.8 Å². The second-order valence-corrected chi connectivity index (χ2v) is 11.6. The highest BCUT2D eigenvalue weighted by Crippen LogP contribution is 2.43. The Labute approximate surface area is 249 Å². The average molecular weight is 581 g/mol. The molecule has 0 aromatic heterocycles. The number of hydrogen-bond acceptors (Lipinski definition) is 6. The summed E-state index contributed by atoms with van der Waals surface area (Å²) in [4.78, 5) is 42.0. The number of nitrogens with zero attached hydrogens (tertiary/aromatic N) is 1. The van der Waals surface area contributed by atoms with Crippen molar-refractivity contribution in [1.29, 1.82) is 0 Å². The first-order valence-corrected chi connectivity index (χ1v) is 15.3. The number of rotatable bonds is 9. The molecule has 0 spiro atoms. The fraction of sp³-hybridized carbons (Fsp3) is 0.265. The number of esters is 1. The lowest BCUT2D eigenvalue weighted by Crippen LogP contribution is -2.70. The Balaban J connectivity index is 1.27. The van der Waals surface area contributed by atoms with Gasteiger partial charge >= 0.3 is 5.97 Å². The summed E-state index contributed by atoms with van der Waals surface area (Å²) >= 11 is 1.54. The van der Waals surface area contributed by atoms with Gasteiger partial charge < -0.3 is 14.8 Å². The fourth-order valence-corrected chi connectivity index (χ4v) is 6.85. The van der Waals surface area contributed by atoms with Crippen LogP contribution in [0.4, 0.5) is 0 Å². The van der Waals surface area contributed by atoms with Gasteiger partial charge in [0.1, 0.15) is 17.1 Å². The van der Waals surface area contributed by atoms with Gasteiger partial charge in [0.15, 0.2) is 6.10 Å². The largest absolute Gasteiger partial charge is 0.498 e. The third-order valence-corrected chi connectivity index (χ3v) is 8.93. The quantitative estimate of drug-likeness (QED) is 0.273. The molecule has 0 aliphatic carbocycles. The van der Waals surface area contributed by atoms with Crippen LogP contribution in [0.5, 0.6) is 0 Å². The first kappa shape index (κ1) is 27.8. The Bertz CT molecular complexity index is 1470. The van der Waals surface area contributed by atoms with Crippen LogP contribution in [0.3, 0.4) is 0 Å². The monoisotopic (exact) mass is 580 g/mol. The Morgan fingerprint density at radius 3 is 2.21 bits per heavy atom. The van der Waals surface area contributed by atoms with Gasteiger partial charge in [0.05, 0.1) is 18.8 Å². The second kappa shape index (κ2) is 12.7. The summed E-state index contributed by atoms with van der Waals surface area (Å²) in [5.41, 5.74) is 3.58. The van der Waals surface area contributed by atoms with E-state index in [1.807, 2.05) is 91.0 Å². The fourth-order valence-electron chi connectivity index (χ4n) is 5.50. The molecular formula is C34H32N2O5S. The van der Waals surface area contributed by atoms with Crippen molar-refractivity contribution >= 4 is 29.5 Å². The molecule has 1 fully saturated rings. The molecule has 1 saturated heterocycles. The number of allylic oxidation sites excluding steroid dienone is 2. The van der Waals surface area contributed by atoms with Crippen LogP contribution in [0.2, 0.25) is 0 Å². The van der Waals surface area contributed by atoms with E-state index in [0.717, 1.165) is 40.9 Å². The van der Waals surface area contributed by atoms with Crippen molar-refractivity contribution in [2.75, 3.05) is 12.4 Å². The van der Waals surface area contributed by atoms with Gasteiger partial charge in [-0.2, -0.15) is 0 Å². The predicted octanol–water partition coefficient (Wildman–Crippen LogP) is 5.30. The number of benzene rings is 3. The maximum Gasteiger partial charge on any atom is 0.356 e. The van der Waals surface area contributed by atoms with Crippen molar-refractivity contribution < 1.29 is 23.9 Å². The number of thioether (sulfide) groups is 1. The Morgan fingerprint density at radius 1 is 0.952 bits per heavy atom. The predicted molar refractivity (Wildman–Crippen MR) is 161 cm³/mol. The van der Waals surface area contributed by atoms with E-state index in [0.29, 0.717) is 18.8 Å². The molecule has 214 valence electrons. The molecule has 42 heavy (non-hydrogen) atoms. The molecule has 1 N–H and O–H groups in total. The van der Waals surface area contributed by atoms with E-state index in [1.165, 1.54) is 4.90 Å². The molecule has 3 aromatic rings. The number of hydrogen-bond donors (Lipinski definition) is 1. The Kier molecular flexibility index (Phi) is 8.42. The van der Waals surface area contributed by atoms with Crippen LogP contribution >= 0.6 is 11.8 Å². The minimum atomic E-state index is -0.709. The van der Waals surface area contributed by atoms with E-state index in [4.69, 9.17) is 9.47 Å². The van der Waals surface area contributed by atoms with Crippen molar-refractivity contribution in [3.63, 3.8) is 0 Å². The normalized spacial score (nSPS) is 19.8. The number of ether oxygens (including phenoxy) is 2. The average Bonchev–Trinajstić information content (AvgIpc) is 3.04. The van der Waals surface area contributed by atoms with E-state index in [-0.39, 0.29) is 23.9 Å². The van der Waals surface area contributed by atoms with Crippen LogP contribution in [-0.2, 0) is 30.3 Å². The molecule has 3 aromatic carbocycles. The van der Waals surface area contributed by atoms with E-state index >= 15 is 0 Å². The topological polar surface area (TPSA) is 84.9 Å². The van der Waals surface area contributed by atoms with Crippen LogP contribution in [-0.4, -0.2) is 46.5 Å². The van der Waals surface area contributed by atoms with E-state index < -0.39 is 23.5 Å². The maximum absolute atomic E-state index is 14.1. The van der Waals surface area contributed by atoms with Gasteiger partial charge in [-0.1, -0.05) is 91.0 Å². The molecule has 0 saturated carbocycles. The van der Waals surface area contributed by atoms with Crippen LogP contribution in [0.1, 0.15) is 42.1 Å². The van der Waals surface area contributed by atoms with Crippen molar-refractivity contribution in [2.24, 2.45) is 0 Å². The van der Waals surface area contributed by atoms with Gasteiger partial charge in [0, 0.05) is 12.2 Å². The zero-order valence-electron chi connectivity index (χ0n) is 23.1. The molecule has 3 aliphatic heterocycles. The SMILES string of the molecule is O=C(Cc1ccccc1)N[C@@H]1C(=O)N2C(C(=O)OC(c3ccccc3)c3ccccc3)=C(CC3=CCCCO3)CS[C@H]12. The van der Waals surface area contributed by atoms with Gasteiger partial charge in [0.25, 0.3) is 5.91 Å². The Hall–Kier alpha value is -4.30. The van der Waals surface area contributed by atoms with Gasteiger partial charge in [-0.05, 0) is 41.2 Å². The van der Waals surface area contributed by atoms with Crippen LogP contribution in [0.25, 0.3) is 0 Å². The molecule has 3 heterocycles. The smallest absolute Gasteiger partial charge is 0.356 e. The van der Waals surface area contributed by atoms with Gasteiger partial charge in [-0.25, -0.2) is 4.79 Å². The number of amides is 2. The molecule has 2 atom stereocenters. The minimum absolute atomic E-state index is 0.180. The summed E-state index contributed by atoms with van der Waals surface area (Å²) in [5, 5.41) is 2.51. The van der Waals surface area contributed by atoms with Crippen LogP contribution in [0, 0.1) is 0 Å². The minimum Gasteiger partial charge on any atom is -0.498 e. The second-order valence-electron chi connectivity index (χ2n) is 10.5. The molecule has 2 amide bonds. The molecule has 8 heteroatoms. The van der Waals surface area contributed by atoms with E-state index in [2.05, 4.69) is 11.4 Å². The zero-order valence-corrected chi connectivity index (χ0v) is 23.9. The molecular weight excluding hydrogens is 548 g/mol. The van der Waals surface area contributed by atoms with Crippen molar-refractivity contribution in [3.8, 4) is 0 Å². The molecule has 0 radical (unpaired) electrons. The first-order chi connectivity index (χ1) is 20.6. The third-order valence-electron chi connectivity index (χ3n) is 7.59. The Morgan fingerprint density at radius 2 is 1.60 bits per heavy atom. The van der Waals surface area contributed by atoms with Crippen LogP contribution in [0.15, 0.2) is 114 Å². The molecule has 3 aliphatic rings. The number of carbonyl (C=O) groups is 3. The molecule has 0 unspecified atom stereocenters. The van der Waals surface area contributed by atoms with Gasteiger partial charge in [-0.3, -0.25) is 14.5 Å². The summed E-state index contributed by atoms with van der Waals surface area (Å²) in [6.07, 6.45) is 3.89. The van der Waals surface area contributed by atoms with Crippen LogP contribution < -0.4 is 5.32 Å². The summed E-state index contributed by atoms with van der Waals surface area (Å²) < 4.78 is 12.1. The zero-order chi connectivity index (χ0) is 28.9. The lowest BCUT2D eigenvalue weighted by Gasteiger charge is -2.50. The number of nitrogens with one attached hydrogen (secondary N) is 1. The van der Waals surface area contributed by atoms with Gasteiger partial charge in [0.2, 0.25) is 5.91 Å². The number of fused-ring (bicyclic) bond motifs is 1. The van der Waals surface area contributed by atoms with Crippen molar-refractivity contribution in [2.45, 2.75) is 43.2 Å². The molecule has 6 rings (SSSR count). The summed E-state index contributed by atoms with van der Waals surface area (Å²) in [6.45, 7) is 0.636.